The van der Waals surface area contributed by atoms with Crippen molar-refractivity contribution in [3.63, 3.8) is 0 Å². The molecule has 1 heterocycles. The summed E-state index contributed by atoms with van der Waals surface area (Å²) >= 11 is 0. The van der Waals surface area contributed by atoms with Gasteiger partial charge in [-0.2, -0.15) is 4.31 Å². The maximum absolute atomic E-state index is 12.5. The van der Waals surface area contributed by atoms with Gasteiger partial charge in [0.1, 0.15) is 11.6 Å². The van der Waals surface area contributed by atoms with E-state index < -0.39 is 10.0 Å². The SMILES string of the molecule is COCCS(=O)(=O)N1CCN(C(/C=C(\N)c2ccccc2O)=C(N)N)CC1C. The minimum atomic E-state index is -3.41. The molecule has 156 valence electrons. The third-order valence-electron chi connectivity index (χ3n) is 4.61. The summed E-state index contributed by atoms with van der Waals surface area (Å²) in [4.78, 5) is 1.90. The summed E-state index contributed by atoms with van der Waals surface area (Å²) in [5.41, 5.74) is 19.2. The third-order valence-corrected chi connectivity index (χ3v) is 6.55. The summed E-state index contributed by atoms with van der Waals surface area (Å²) in [5.74, 6) is 0.0604. The lowest BCUT2D eigenvalue weighted by molar-refractivity contribution is 0.174. The molecule has 1 aromatic rings. The van der Waals surface area contributed by atoms with Crippen LogP contribution < -0.4 is 17.2 Å². The van der Waals surface area contributed by atoms with E-state index >= 15 is 0 Å². The van der Waals surface area contributed by atoms with E-state index in [0.29, 0.717) is 36.6 Å². The van der Waals surface area contributed by atoms with Crippen LogP contribution in [-0.2, 0) is 14.8 Å². The van der Waals surface area contributed by atoms with Crippen molar-refractivity contribution in [1.82, 2.24) is 9.21 Å². The highest BCUT2D eigenvalue weighted by Crippen LogP contribution is 2.25. The second kappa shape index (κ2) is 9.18. The van der Waals surface area contributed by atoms with Gasteiger partial charge in [-0.1, -0.05) is 12.1 Å². The smallest absolute Gasteiger partial charge is 0.216 e. The molecule has 9 nitrogen and oxygen atoms in total. The Morgan fingerprint density at radius 1 is 1.29 bits per heavy atom. The molecule has 1 fully saturated rings. The number of hydrogen-bond donors (Lipinski definition) is 4. The topological polar surface area (TPSA) is 148 Å². The molecule has 0 amide bonds. The molecular formula is C18H29N5O4S. The van der Waals surface area contributed by atoms with E-state index in [9.17, 15) is 13.5 Å². The van der Waals surface area contributed by atoms with E-state index in [4.69, 9.17) is 21.9 Å². The number of para-hydroxylation sites is 1. The summed E-state index contributed by atoms with van der Waals surface area (Å²) in [7, 11) is -1.93. The third kappa shape index (κ3) is 5.09. The molecule has 1 atom stereocenters. The van der Waals surface area contributed by atoms with Crippen molar-refractivity contribution in [2.75, 3.05) is 39.1 Å². The van der Waals surface area contributed by atoms with E-state index in [-0.39, 0.29) is 30.0 Å². The van der Waals surface area contributed by atoms with Crippen molar-refractivity contribution < 1.29 is 18.3 Å². The predicted molar refractivity (Wildman–Crippen MR) is 109 cm³/mol. The molecule has 1 unspecified atom stereocenters. The Balaban J connectivity index is 2.21. The zero-order chi connectivity index (χ0) is 20.9. The van der Waals surface area contributed by atoms with E-state index in [1.807, 2.05) is 11.8 Å². The van der Waals surface area contributed by atoms with Gasteiger partial charge >= 0.3 is 0 Å². The van der Waals surface area contributed by atoms with Crippen molar-refractivity contribution in [1.29, 1.82) is 0 Å². The van der Waals surface area contributed by atoms with Gasteiger partial charge in [-0.05, 0) is 25.1 Å². The van der Waals surface area contributed by atoms with Crippen LogP contribution in [0.15, 0.2) is 41.9 Å². The van der Waals surface area contributed by atoms with Crippen LogP contribution in [0.5, 0.6) is 5.75 Å². The quantitative estimate of drug-likeness (QED) is 0.449. The summed E-state index contributed by atoms with van der Waals surface area (Å²) in [5, 5.41) is 9.98. The lowest BCUT2D eigenvalue weighted by Crippen LogP contribution is -2.54. The highest BCUT2D eigenvalue weighted by molar-refractivity contribution is 7.89. The van der Waals surface area contributed by atoms with Crippen molar-refractivity contribution >= 4 is 15.7 Å². The number of ether oxygens (including phenoxy) is 1. The number of aromatic hydroxyl groups is 1. The largest absolute Gasteiger partial charge is 0.507 e. The average molecular weight is 412 g/mol. The molecule has 0 radical (unpaired) electrons. The van der Waals surface area contributed by atoms with Crippen LogP contribution in [-0.4, -0.2) is 67.9 Å². The van der Waals surface area contributed by atoms with E-state index in [2.05, 4.69) is 0 Å². The van der Waals surface area contributed by atoms with Crippen LogP contribution in [0.2, 0.25) is 0 Å². The number of nitrogens with zero attached hydrogens (tertiary/aromatic N) is 2. The van der Waals surface area contributed by atoms with Crippen molar-refractivity contribution in [3.05, 3.63) is 47.4 Å². The van der Waals surface area contributed by atoms with Crippen LogP contribution in [0.1, 0.15) is 12.5 Å². The number of phenolic OH excluding ortho intramolecular Hbond substituents is 1. The van der Waals surface area contributed by atoms with Crippen molar-refractivity contribution in [2.24, 2.45) is 17.2 Å². The lowest BCUT2D eigenvalue weighted by atomic mass is 10.1. The number of allylic oxidation sites excluding steroid dienone is 1. The molecule has 1 aromatic carbocycles. The minimum absolute atomic E-state index is 0.0496. The van der Waals surface area contributed by atoms with Gasteiger partial charge in [-0.15, -0.1) is 0 Å². The highest BCUT2D eigenvalue weighted by atomic mass is 32.2. The molecule has 0 saturated carbocycles. The first kappa shape index (κ1) is 21.9. The zero-order valence-electron chi connectivity index (χ0n) is 16.2. The van der Waals surface area contributed by atoms with Crippen LogP contribution >= 0.6 is 0 Å². The summed E-state index contributed by atoms with van der Waals surface area (Å²) < 4.78 is 31.3. The minimum Gasteiger partial charge on any atom is -0.507 e. The van der Waals surface area contributed by atoms with Crippen LogP contribution in [0.3, 0.4) is 0 Å². The van der Waals surface area contributed by atoms with Gasteiger partial charge in [0.2, 0.25) is 10.0 Å². The fraction of sp³-hybridized carbons (Fsp3) is 0.444. The Bertz CT molecular complexity index is 849. The molecule has 7 N–H and O–H groups in total. The Morgan fingerprint density at radius 2 is 1.96 bits per heavy atom. The first-order chi connectivity index (χ1) is 13.2. The number of piperazine rings is 1. The summed E-state index contributed by atoms with van der Waals surface area (Å²) in [6.45, 7) is 3.10. The van der Waals surface area contributed by atoms with E-state index in [0.717, 1.165) is 0 Å². The lowest BCUT2D eigenvalue weighted by Gasteiger charge is -2.40. The molecular weight excluding hydrogens is 382 g/mol. The number of sulfonamides is 1. The first-order valence-corrected chi connectivity index (χ1v) is 10.5. The Morgan fingerprint density at radius 3 is 2.54 bits per heavy atom. The fourth-order valence-electron chi connectivity index (χ4n) is 3.18. The van der Waals surface area contributed by atoms with Crippen molar-refractivity contribution in [2.45, 2.75) is 13.0 Å². The molecule has 0 spiro atoms. The molecule has 0 aliphatic carbocycles. The van der Waals surface area contributed by atoms with Crippen LogP contribution in [0.25, 0.3) is 5.70 Å². The second-order valence-electron chi connectivity index (χ2n) is 6.67. The average Bonchev–Trinajstić information content (AvgIpc) is 2.64. The molecule has 0 aromatic heterocycles. The van der Waals surface area contributed by atoms with Gasteiger partial charge in [0.05, 0.1) is 18.1 Å². The molecule has 28 heavy (non-hydrogen) atoms. The number of rotatable bonds is 7. The number of phenols is 1. The van der Waals surface area contributed by atoms with Gasteiger partial charge in [0.15, 0.2) is 0 Å². The van der Waals surface area contributed by atoms with E-state index in [1.165, 1.54) is 17.5 Å². The highest BCUT2D eigenvalue weighted by Gasteiger charge is 2.33. The number of methoxy groups -OCH3 is 1. The van der Waals surface area contributed by atoms with Gasteiger partial charge in [0, 0.05) is 44.0 Å². The maximum atomic E-state index is 12.5. The van der Waals surface area contributed by atoms with Crippen LogP contribution in [0, 0.1) is 0 Å². The molecule has 10 heteroatoms. The molecule has 1 aliphatic rings. The zero-order valence-corrected chi connectivity index (χ0v) is 17.0. The van der Waals surface area contributed by atoms with Gasteiger partial charge in [-0.3, -0.25) is 0 Å². The number of nitrogens with two attached hydrogens (primary N) is 3. The van der Waals surface area contributed by atoms with Gasteiger partial charge < -0.3 is 31.9 Å². The number of benzene rings is 1. The van der Waals surface area contributed by atoms with Gasteiger partial charge in [0.25, 0.3) is 0 Å². The number of hydrogen-bond acceptors (Lipinski definition) is 8. The van der Waals surface area contributed by atoms with Crippen LogP contribution in [0.4, 0.5) is 0 Å². The van der Waals surface area contributed by atoms with Crippen molar-refractivity contribution in [3.8, 4) is 5.75 Å². The molecule has 1 saturated heterocycles. The maximum Gasteiger partial charge on any atom is 0.216 e. The first-order valence-electron chi connectivity index (χ1n) is 8.91. The normalized spacial score (nSPS) is 18.9. The molecule has 1 aliphatic heterocycles. The molecule has 2 rings (SSSR count). The molecule has 0 bridgehead atoms. The van der Waals surface area contributed by atoms with Gasteiger partial charge in [-0.25, -0.2) is 8.42 Å². The Labute approximate surface area is 166 Å². The summed E-state index contributed by atoms with van der Waals surface area (Å²) in [6, 6.07) is 6.41. The fourth-order valence-corrected chi connectivity index (χ4v) is 4.77. The van der Waals surface area contributed by atoms with E-state index in [1.54, 1.807) is 24.3 Å². The Hall–Kier alpha value is -2.43. The summed E-state index contributed by atoms with van der Waals surface area (Å²) in [6.07, 6.45) is 1.60. The predicted octanol–water partition coefficient (Wildman–Crippen LogP) is -0.239. The second-order valence-corrected chi connectivity index (χ2v) is 8.71. The monoisotopic (exact) mass is 411 g/mol. The Kier molecular flexibility index (Phi) is 7.17. The standard InChI is InChI=1S/C18H29N5O4S/c1-13-12-22(7-8-23(13)28(25,26)10-9-27-2)16(18(20)21)11-15(19)14-5-3-4-6-17(14)24/h3-6,11,13,24H,7-10,12,19-21H2,1-2H3/b15-11-.